The average molecular weight is 418 g/mol. The summed E-state index contributed by atoms with van der Waals surface area (Å²) in [5.41, 5.74) is 0.929. The molecule has 1 heterocycles. The molecule has 3 rings (SSSR count). The van der Waals surface area contributed by atoms with Crippen LogP contribution < -0.4 is 18.9 Å². The lowest BCUT2D eigenvalue weighted by atomic mass is 9.95. The summed E-state index contributed by atoms with van der Waals surface area (Å²) in [6.07, 6.45) is -0.475. The van der Waals surface area contributed by atoms with E-state index >= 15 is 0 Å². The van der Waals surface area contributed by atoms with E-state index in [0.717, 1.165) is 5.56 Å². The number of methoxy groups -OCH3 is 3. The summed E-state index contributed by atoms with van der Waals surface area (Å²) in [4.78, 5) is 12.8. The minimum atomic E-state index is -0.563. The summed E-state index contributed by atoms with van der Waals surface area (Å²) in [5, 5.41) is 0.664. The molecule has 0 fully saturated rings. The summed E-state index contributed by atoms with van der Waals surface area (Å²) in [5.74, 6) is 0.875. The maximum Gasteiger partial charge on any atom is 0.174 e. The van der Waals surface area contributed by atoms with E-state index in [0.29, 0.717) is 10.8 Å². The Bertz CT molecular complexity index is 882. The topological polar surface area (TPSA) is 54.0 Å². The molecule has 138 valence electrons. The lowest BCUT2D eigenvalue weighted by Gasteiger charge is -2.29. The molecule has 1 atom stereocenters. The van der Waals surface area contributed by atoms with E-state index in [1.807, 2.05) is 0 Å². The Morgan fingerprint density at radius 2 is 1.69 bits per heavy atom. The van der Waals surface area contributed by atoms with Gasteiger partial charge in [0.05, 0.1) is 32.8 Å². The Labute approximate surface area is 165 Å². The van der Waals surface area contributed by atoms with Gasteiger partial charge in [0, 0.05) is 0 Å². The number of hydrogen-bond donors (Lipinski definition) is 0. The molecule has 1 aliphatic heterocycles. The Kier molecular flexibility index (Phi) is 5.42. The molecule has 0 saturated carbocycles. The number of rotatable bonds is 4. The van der Waals surface area contributed by atoms with Crippen LogP contribution in [0.1, 0.15) is 28.4 Å². The van der Waals surface area contributed by atoms with E-state index in [1.54, 1.807) is 18.2 Å². The van der Waals surface area contributed by atoms with Gasteiger partial charge in [-0.25, -0.2) is 0 Å². The van der Waals surface area contributed by atoms with E-state index in [4.69, 9.17) is 53.8 Å². The van der Waals surface area contributed by atoms with Crippen molar-refractivity contribution in [3.63, 3.8) is 0 Å². The molecule has 2 aromatic rings. The fourth-order valence-corrected chi connectivity index (χ4v) is 3.85. The van der Waals surface area contributed by atoms with Gasteiger partial charge in [0.15, 0.2) is 23.0 Å². The van der Waals surface area contributed by atoms with E-state index in [9.17, 15) is 4.79 Å². The third-order valence-electron chi connectivity index (χ3n) is 4.12. The molecule has 0 bridgehead atoms. The first-order chi connectivity index (χ1) is 12.4. The molecule has 0 aliphatic carbocycles. The summed E-state index contributed by atoms with van der Waals surface area (Å²) in [6.45, 7) is 0. The minimum absolute atomic E-state index is 0.0883. The Morgan fingerprint density at radius 1 is 1.00 bits per heavy atom. The van der Waals surface area contributed by atoms with Crippen LogP contribution in [-0.2, 0) is 0 Å². The van der Waals surface area contributed by atoms with Gasteiger partial charge in [-0.1, -0.05) is 40.9 Å². The van der Waals surface area contributed by atoms with Crippen LogP contribution in [0.25, 0.3) is 0 Å². The van der Waals surface area contributed by atoms with E-state index < -0.39 is 6.10 Å². The number of carbonyl (C=O) groups excluding carboxylic acids is 1. The summed E-state index contributed by atoms with van der Waals surface area (Å²) >= 11 is 18.8. The molecule has 1 aliphatic rings. The number of carbonyl (C=O) groups is 1. The van der Waals surface area contributed by atoms with Crippen molar-refractivity contribution in [1.82, 2.24) is 0 Å². The van der Waals surface area contributed by atoms with Crippen molar-refractivity contribution < 1.29 is 23.7 Å². The van der Waals surface area contributed by atoms with Gasteiger partial charge in [0.25, 0.3) is 0 Å². The molecule has 0 spiro atoms. The zero-order valence-corrected chi connectivity index (χ0v) is 16.5. The van der Waals surface area contributed by atoms with Crippen LogP contribution in [0.15, 0.2) is 18.2 Å². The average Bonchev–Trinajstić information content (AvgIpc) is 2.63. The Hall–Kier alpha value is -1.82. The zero-order chi connectivity index (χ0) is 19.0. The van der Waals surface area contributed by atoms with Gasteiger partial charge in [-0.05, 0) is 17.7 Å². The number of ether oxygens (including phenoxy) is 4. The smallest absolute Gasteiger partial charge is 0.174 e. The molecular weight excluding hydrogens is 403 g/mol. The summed E-state index contributed by atoms with van der Waals surface area (Å²) in [7, 11) is 4.36. The quantitative estimate of drug-likeness (QED) is 0.668. The van der Waals surface area contributed by atoms with Crippen molar-refractivity contribution >= 4 is 40.6 Å². The van der Waals surface area contributed by atoms with Gasteiger partial charge < -0.3 is 18.9 Å². The Morgan fingerprint density at radius 3 is 2.27 bits per heavy atom. The van der Waals surface area contributed by atoms with Gasteiger partial charge in [0.2, 0.25) is 0 Å². The van der Waals surface area contributed by atoms with Crippen LogP contribution in [-0.4, -0.2) is 27.1 Å². The first kappa shape index (κ1) is 19.0. The number of benzene rings is 2. The van der Waals surface area contributed by atoms with Crippen molar-refractivity contribution in [2.75, 3.05) is 21.3 Å². The number of ketones is 1. The van der Waals surface area contributed by atoms with Crippen molar-refractivity contribution in [1.29, 1.82) is 0 Å². The number of halogens is 3. The molecule has 0 saturated heterocycles. The van der Waals surface area contributed by atoms with Gasteiger partial charge in [-0.2, -0.15) is 0 Å². The highest BCUT2D eigenvalue weighted by atomic mass is 35.5. The fourth-order valence-electron chi connectivity index (χ4n) is 2.88. The first-order valence-electron chi connectivity index (χ1n) is 7.59. The standard InChI is InChI=1S/C18H15Cl3O5/c1-23-11-5-4-8(6-9(11)19)12-7-10(22)13-16(24-2)14(20)18(25-3)15(21)17(13)26-12/h4-6,12H,7H2,1-3H3. The molecule has 0 amide bonds. The highest BCUT2D eigenvalue weighted by Crippen LogP contribution is 2.53. The highest BCUT2D eigenvalue weighted by molar-refractivity contribution is 6.40. The van der Waals surface area contributed by atoms with Crippen molar-refractivity contribution in [3.05, 3.63) is 44.4 Å². The van der Waals surface area contributed by atoms with E-state index in [-0.39, 0.29) is 45.1 Å². The Balaban J connectivity index is 2.10. The predicted molar refractivity (Wildman–Crippen MR) is 99.9 cm³/mol. The number of hydrogen-bond acceptors (Lipinski definition) is 5. The minimum Gasteiger partial charge on any atom is -0.495 e. The number of Topliss-reactive ketones (excluding diaryl/α,β-unsaturated/α-hetero) is 1. The molecule has 2 aromatic carbocycles. The highest BCUT2D eigenvalue weighted by Gasteiger charge is 2.36. The van der Waals surface area contributed by atoms with Gasteiger partial charge >= 0.3 is 0 Å². The van der Waals surface area contributed by atoms with Crippen molar-refractivity contribution in [2.24, 2.45) is 0 Å². The van der Waals surface area contributed by atoms with Crippen LogP contribution in [0, 0.1) is 0 Å². The second-order valence-electron chi connectivity index (χ2n) is 5.53. The second kappa shape index (κ2) is 7.43. The number of fused-ring (bicyclic) bond motifs is 1. The second-order valence-corrected chi connectivity index (χ2v) is 6.69. The monoisotopic (exact) mass is 416 g/mol. The lowest BCUT2D eigenvalue weighted by molar-refractivity contribution is 0.0844. The molecule has 8 heteroatoms. The normalized spacial score (nSPS) is 15.9. The molecule has 0 radical (unpaired) electrons. The third kappa shape index (κ3) is 3.04. The summed E-state index contributed by atoms with van der Waals surface area (Å²) < 4.78 is 21.7. The summed E-state index contributed by atoms with van der Waals surface area (Å²) in [6, 6.07) is 5.19. The molecule has 26 heavy (non-hydrogen) atoms. The van der Waals surface area contributed by atoms with Crippen molar-refractivity contribution in [3.8, 4) is 23.0 Å². The maximum absolute atomic E-state index is 12.8. The first-order valence-corrected chi connectivity index (χ1v) is 8.72. The SMILES string of the molecule is COc1ccc(C2CC(=O)c3c(OC)c(Cl)c(OC)c(Cl)c3O2)cc1Cl. The largest absolute Gasteiger partial charge is 0.495 e. The van der Waals surface area contributed by atoms with Crippen molar-refractivity contribution in [2.45, 2.75) is 12.5 Å². The molecule has 1 unspecified atom stereocenters. The van der Waals surface area contributed by atoms with Gasteiger partial charge in [0.1, 0.15) is 27.5 Å². The predicted octanol–water partition coefficient (Wildman–Crippen LogP) is 5.38. The van der Waals surface area contributed by atoms with Crippen LogP contribution in [0.3, 0.4) is 0 Å². The molecule has 5 nitrogen and oxygen atoms in total. The van der Waals surface area contributed by atoms with E-state index in [2.05, 4.69) is 0 Å². The zero-order valence-electron chi connectivity index (χ0n) is 14.2. The fraction of sp³-hybridized carbons (Fsp3) is 0.278. The maximum atomic E-state index is 12.8. The van der Waals surface area contributed by atoms with E-state index in [1.165, 1.54) is 21.3 Å². The van der Waals surface area contributed by atoms with Crippen LogP contribution >= 0.6 is 34.8 Å². The van der Waals surface area contributed by atoms with Crippen LogP contribution in [0.4, 0.5) is 0 Å². The third-order valence-corrected chi connectivity index (χ3v) is 5.10. The van der Waals surface area contributed by atoms with Gasteiger partial charge in [-0.15, -0.1) is 0 Å². The van der Waals surface area contributed by atoms with Crippen LogP contribution in [0.2, 0.25) is 15.1 Å². The molecular formula is C18H15Cl3O5. The molecule has 0 N–H and O–H groups in total. The lowest BCUT2D eigenvalue weighted by Crippen LogP contribution is -2.22. The molecule has 0 aromatic heterocycles. The van der Waals surface area contributed by atoms with Crippen LogP contribution in [0.5, 0.6) is 23.0 Å². The van der Waals surface area contributed by atoms with Gasteiger partial charge in [-0.3, -0.25) is 4.79 Å².